The van der Waals surface area contributed by atoms with Gasteiger partial charge in [0, 0.05) is 0 Å². The highest BCUT2D eigenvalue weighted by molar-refractivity contribution is 8.09. The number of aliphatic imine (C=N–C) groups is 2. The molecule has 232 valence electrons. The number of carbonyl (C=O) groups excluding carboxylic acids is 2. The Kier molecular flexibility index (Phi) is 9.38. The van der Waals surface area contributed by atoms with E-state index in [0.717, 1.165) is 32.1 Å². The Bertz CT molecular complexity index is 1350. The molecule has 1 amide bonds. The molecule has 16 heteroatoms. The fourth-order valence-corrected chi connectivity index (χ4v) is 7.77. The molecule has 1 aromatic rings. The van der Waals surface area contributed by atoms with E-state index < -0.39 is 60.8 Å². The molecule has 1 aliphatic carbocycles. The van der Waals surface area contributed by atoms with Crippen LogP contribution in [0.2, 0.25) is 0 Å². The number of nitrogens with one attached hydrogen (secondary N) is 2. The average Bonchev–Trinajstić information content (AvgIpc) is 3.51. The molecule has 3 aliphatic heterocycles. The summed E-state index contributed by atoms with van der Waals surface area (Å²) < 4.78 is 23.8. The van der Waals surface area contributed by atoms with E-state index in [0.29, 0.717) is 5.75 Å². The first-order valence-electron chi connectivity index (χ1n) is 14.0. The molecule has 4 aliphatic rings. The number of ether oxygens (including phenoxy) is 2. The first kappa shape index (κ1) is 31.3. The van der Waals surface area contributed by atoms with Gasteiger partial charge in [-0.1, -0.05) is 30.5 Å². The molecule has 8 atom stereocenters. The van der Waals surface area contributed by atoms with Crippen LogP contribution in [0.4, 0.5) is 0 Å². The summed E-state index contributed by atoms with van der Waals surface area (Å²) in [5, 5.41) is 27.8. The lowest BCUT2D eigenvalue weighted by molar-refractivity contribution is -0.152. The molecular weight excluding hydrogens is 599 g/mol. The summed E-state index contributed by atoms with van der Waals surface area (Å²) in [6.07, 6.45) is 6.37. The number of nitrogens with zero attached hydrogens (tertiary/aromatic N) is 3. The smallest absolute Gasteiger partial charge is 0.323 e. The number of aliphatic hydroxyl groups excluding tert-OH is 1. The highest BCUT2D eigenvalue weighted by Gasteiger charge is 2.60. The molecule has 0 bridgehead atoms. The minimum absolute atomic E-state index is 0.134. The van der Waals surface area contributed by atoms with Crippen LogP contribution in [-0.4, -0.2) is 94.3 Å². The molecule has 1 saturated heterocycles. The van der Waals surface area contributed by atoms with E-state index in [4.69, 9.17) is 42.5 Å². The number of aliphatic hydroxyl groups is 2. The minimum atomic E-state index is -3.49. The Morgan fingerprint density at radius 1 is 1.37 bits per heavy atom. The summed E-state index contributed by atoms with van der Waals surface area (Å²) in [6, 6.07) is 6.85. The lowest BCUT2D eigenvalue weighted by atomic mass is 9.94. The first-order chi connectivity index (χ1) is 20.5. The maximum Gasteiger partial charge on any atom is 0.323 e. The van der Waals surface area contributed by atoms with Gasteiger partial charge in [-0.15, -0.1) is 6.42 Å². The number of amides is 1. The van der Waals surface area contributed by atoms with Gasteiger partial charge < -0.3 is 39.4 Å². The van der Waals surface area contributed by atoms with Crippen molar-refractivity contribution in [1.82, 2.24) is 15.3 Å². The zero-order valence-corrected chi connectivity index (χ0v) is 25.2. The first-order valence-corrected chi connectivity index (χ1v) is 16.6. The number of hydrogen-bond acceptors (Lipinski definition) is 13. The quantitative estimate of drug-likeness (QED) is 0.133. The summed E-state index contributed by atoms with van der Waals surface area (Å²) in [5.74, 6) is 1.49. The van der Waals surface area contributed by atoms with Crippen molar-refractivity contribution in [2.75, 3.05) is 6.61 Å². The Balaban J connectivity index is 1.31. The standard InChI is InChI=1S/C27H35N6O8PS/c1-3-27(37)21(34)19(40-25(27)33-15-29-20-22(33)30-26(28)31-23(20)35)14-38-42(43,41-18-12-8-5-9-13-18)32-16(2)24(36)39-17-10-6-4-7-11-17/h1,5,8-9,12-13,15-17,19-22,25,34,37H,4,6-7,10-11,14H2,2H3,(H,32,43)(H3,28,30,31,35)/t16?,19-,20?,21-,22?,25-,27-,42?/m1/s1. The summed E-state index contributed by atoms with van der Waals surface area (Å²) >= 11 is 5.78. The normalized spacial score (nSPS) is 32.6. The van der Waals surface area contributed by atoms with Crippen LogP contribution in [-0.2, 0) is 35.4 Å². The van der Waals surface area contributed by atoms with Gasteiger partial charge in [-0.3, -0.25) is 19.9 Å². The monoisotopic (exact) mass is 634 g/mol. The third-order valence-corrected chi connectivity index (χ3v) is 10.1. The van der Waals surface area contributed by atoms with Crippen molar-refractivity contribution in [2.24, 2.45) is 15.7 Å². The number of carbonyl (C=O) groups is 2. The van der Waals surface area contributed by atoms with Crippen LogP contribution in [0.5, 0.6) is 5.75 Å². The number of benzene rings is 1. The summed E-state index contributed by atoms with van der Waals surface area (Å²) in [6.45, 7) is -2.27. The van der Waals surface area contributed by atoms with Crippen molar-refractivity contribution in [3.05, 3.63) is 30.3 Å². The molecule has 0 spiro atoms. The summed E-state index contributed by atoms with van der Waals surface area (Å²) in [7, 11) is 0. The maximum atomic E-state index is 12.9. The molecule has 0 aromatic heterocycles. The number of guanidine groups is 1. The van der Waals surface area contributed by atoms with Crippen LogP contribution in [0.25, 0.3) is 0 Å². The molecule has 1 aromatic carbocycles. The minimum Gasteiger partial charge on any atom is -0.461 e. The number of terminal acetylenes is 1. The number of para-hydroxylation sites is 1. The molecule has 6 N–H and O–H groups in total. The molecule has 1 saturated carbocycles. The van der Waals surface area contributed by atoms with Gasteiger partial charge in [0.15, 0.2) is 30.0 Å². The second-order valence-corrected chi connectivity index (χ2v) is 13.9. The number of rotatable bonds is 10. The summed E-state index contributed by atoms with van der Waals surface area (Å²) in [4.78, 5) is 34.9. The molecule has 5 rings (SSSR count). The van der Waals surface area contributed by atoms with E-state index in [2.05, 4.69) is 26.3 Å². The van der Waals surface area contributed by atoms with E-state index in [1.165, 1.54) is 11.2 Å². The molecular formula is C27H35N6O8PS. The van der Waals surface area contributed by atoms with Crippen LogP contribution in [0.1, 0.15) is 39.0 Å². The fourth-order valence-electron chi connectivity index (χ4n) is 5.35. The van der Waals surface area contributed by atoms with E-state index in [1.54, 1.807) is 37.3 Å². The van der Waals surface area contributed by atoms with Gasteiger partial charge >= 0.3 is 12.6 Å². The number of esters is 1. The fraction of sp³-hybridized carbons (Fsp3) is 0.556. The third kappa shape index (κ3) is 6.71. The molecule has 4 unspecified atom stereocenters. The Morgan fingerprint density at radius 2 is 2.09 bits per heavy atom. The van der Waals surface area contributed by atoms with E-state index >= 15 is 0 Å². The van der Waals surface area contributed by atoms with Crippen molar-refractivity contribution in [2.45, 2.75) is 87.4 Å². The van der Waals surface area contributed by atoms with Gasteiger partial charge in [0.25, 0.3) is 5.91 Å². The highest BCUT2D eigenvalue weighted by Crippen LogP contribution is 2.47. The van der Waals surface area contributed by atoms with Gasteiger partial charge in [-0.2, -0.15) is 0 Å². The van der Waals surface area contributed by atoms with Gasteiger partial charge in [0.1, 0.15) is 30.1 Å². The third-order valence-electron chi connectivity index (χ3n) is 7.64. The van der Waals surface area contributed by atoms with Gasteiger partial charge in [0.2, 0.25) is 0 Å². The van der Waals surface area contributed by atoms with Gasteiger partial charge in [-0.25, -0.2) is 10.1 Å². The number of fused-ring (bicyclic) bond motifs is 1. The molecule has 3 heterocycles. The maximum absolute atomic E-state index is 12.9. The molecule has 0 radical (unpaired) electrons. The van der Waals surface area contributed by atoms with E-state index in [9.17, 15) is 19.8 Å². The predicted octanol–water partition coefficient (Wildman–Crippen LogP) is 0.0937. The molecule has 43 heavy (non-hydrogen) atoms. The van der Waals surface area contributed by atoms with Crippen molar-refractivity contribution < 1.29 is 38.3 Å². The predicted molar refractivity (Wildman–Crippen MR) is 159 cm³/mol. The van der Waals surface area contributed by atoms with Crippen LogP contribution < -0.4 is 20.7 Å². The van der Waals surface area contributed by atoms with Gasteiger partial charge in [0.05, 0.1) is 12.9 Å². The van der Waals surface area contributed by atoms with Crippen LogP contribution >= 0.6 is 6.64 Å². The highest BCUT2D eigenvalue weighted by atomic mass is 32.5. The lowest BCUT2D eigenvalue weighted by Gasteiger charge is -2.36. The van der Waals surface area contributed by atoms with E-state index in [1.807, 2.05) is 0 Å². The van der Waals surface area contributed by atoms with Crippen LogP contribution in [0, 0.1) is 12.3 Å². The molecule has 14 nitrogen and oxygen atoms in total. The zero-order valence-electron chi connectivity index (χ0n) is 23.4. The van der Waals surface area contributed by atoms with Crippen molar-refractivity contribution >= 4 is 42.6 Å². The van der Waals surface area contributed by atoms with Crippen LogP contribution in [0.15, 0.2) is 40.3 Å². The number of hydrogen-bond donors (Lipinski definition) is 5. The number of nitrogens with two attached hydrogens (primary N) is 1. The summed E-state index contributed by atoms with van der Waals surface area (Å²) in [5.41, 5.74) is 3.48. The topological polar surface area (TPSA) is 190 Å². The van der Waals surface area contributed by atoms with Crippen molar-refractivity contribution in [1.29, 1.82) is 0 Å². The Morgan fingerprint density at radius 3 is 2.79 bits per heavy atom. The Labute approximate surface area is 254 Å². The SMILES string of the molecule is C#C[C@@]1(O)[C@H](O)[C@@H](COP(=S)(NC(C)C(=O)OC2CCCCC2)Oc2ccccc2)O[C@H]1N1C=NC2C(=O)NC(N)=NC21. The van der Waals surface area contributed by atoms with Crippen molar-refractivity contribution in [3.8, 4) is 18.1 Å². The molecule has 2 fully saturated rings. The second-order valence-electron chi connectivity index (χ2n) is 10.8. The lowest BCUT2D eigenvalue weighted by Crippen LogP contribution is -2.60. The van der Waals surface area contributed by atoms with Crippen LogP contribution in [0.3, 0.4) is 0 Å². The van der Waals surface area contributed by atoms with E-state index in [-0.39, 0.29) is 18.7 Å². The Hall–Kier alpha value is -3.09. The van der Waals surface area contributed by atoms with Crippen molar-refractivity contribution in [3.63, 3.8) is 0 Å². The second kappa shape index (κ2) is 12.9. The van der Waals surface area contributed by atoms with Gasteiger partial charge in [-0.05, 0) is 56.5 Å². The zero-order chi connectivity index (χ0) is 30.8. The average molecular weight is 635 g/mol. The largest absolute Gasteiger partial charge is 0.461 e.